The molecule has 4 aliphatic rings. The van der Waals surface area contributed by atoms with Crippen molar-refractivity contribution in [3.05, 3.63) is 39.7 Å². The van der Waals surface area contributed by atoms with E-state index in [0.717, 1.165) is 25.0 Å². The topological polar surface area (TPSA) is 100 Å². The van der Waals surface area contributed by atoms with Crippen molar-refractivity contribution < 1.29 is 33.3 Å². The number of ketones is 2. The lowest BCUT2D eigenvalue weighted by Gasteiger charge is -2.42. The lowest BCUT2D eigenvalue weighted by Crippen LogP contribution is -2.58. The number of dihydropyridines is 1. The van der Waals surface area contributed by atoms with Gasteiger partial charge in [0.25, 0.3) is 0 Å². The fourth-order valence-electron chi connectivity index (χ4n) is 6.70. The molecule has 1 aromatic carbocycles. The van der Waals surface area contributed by atoms with Crippen molar-refractivity contribution in [3.63, 3.8) is 0 Å². The van der Waals surface area contributed by atoms with Crippen LogP contribution in [0.1, 0.15) is 56.8 Å². The average molecular weight is 590 g/mol. The smallest absolute Gasteiger partial charge is 0.354 e. The Morgan fingerprint density at radius 3 is 2.60 bits per heavy atom. The van der Waals surface area contributed by atoms with Crippen molar-refractivity contribution in [1.29, 1.82) is 0 Å². The van der Waals surface area contributed by atoms with Crippen LogP contribution in [0.4, 0.5) is 0 Å². The molecule has 3 unspecified atom stereocenters. The van der Waals surface area contributed by atoms with E-state index >= 15 is 0 Å². The summed E-state index contributed by atoms with van der Waals surface area (Å²) in [6.45, 7) is 6.28. The third kappa shape index (κ3) is 4.31. The number of allylic oxidation sites excluding steroid dienone is 2. The standard InChI is InChI=1S/C30H36ClNO7S/c1-7-8-14(2)22-10-16(13-40-22)17-11-19(29(35)38-6)32-18-9-15(3)30(27(33)23(17)18)28(34)24-20(36-4)12-21(37-5)25(31)26(24)39-30/h11-12,14-17,22,32H,7-10,13H2,1-6H3/t14?,15-,16?,17-,22?,30+/m1/s1. The first-order valence-corrected chi connectivity index (χ1v) is 15.2. The van der Waals surface area contributed by atoms with Crippen molar-refractivity contribution in [3.8, 4) is 17.2 Å². The van der Waals surface area contributed by atoms with E-state index in [4.69, 9.17) is 30.5 Å². The van der Waals surface area contributed by atoms with E-state index < -0.39 is 29.1 Å². The minimum Gasteiger partial charge on any atom is -0.496 e. The summed E-state index contributed by atoms with van der Waals surface area (Å²) in [6, 6.07) is 1.54. The molecule has 0 saturated carbocycles. The van der Waals surface area contributed by atoms with Crippen molar-refractivity contribution in [2.45, 2.75) is 57.3 Å². The van der Waals surface area contributed by atoms with Crippen LogP contribution in [-0.2, 0) is 14.3 Å². The second kappa shape index (κ2) is 11.0. The number of hydrogen-bond acceptors (Lipinski definition) is 9. The van der Waals surface area contributed by atoms with E-state index in [9.17, 15) is 14.4 Å². The summed E-state index contributed by atoms with van der Waals surface area (Å²) in [5.41, 5.74) is -0.165. The third-order valence-electron chi connectivity index (χ3n) is 8.85. The maximum absolute atomic E-state index is 14.7. The number of halogens is 1. The van der Waals surface area contributed by atoms with Crippen LogP contribution >= 0.6 is 23.4 Å². The Morgan fingerprint density at radius 1 is 1.23 bits per heavy atom. The molecule has 10 heteroatoms. The van der Waals surface area contributed by atoms with Crippen molar-refractivity contribution in [1.82, 2.24) is 5.32 Å². The minimum atomic E-state index is -1.79. The largest absolute Gasteiger partial charge is 0.496 e. The number of esters is 1. The van der Waals surface area contributed by atoms with E-state index in [1.54, 1.807) is 0 Å². The number of fused-ring (bicyclic) bond motifs is 1. The van der Waals surface area contributed by atoms with Crippen molar-refractivity contribution in [2.24, 2.45) is 23.7 Å². The number of hydrogen-bond donors (Lipinski definition) is 1. The fourth-order valence-corrected chi connectivity index (χ4v) is 8.66. The Hall–Kier alpha value is -2.65. The van der Waals surface area contributed by atoms with Gasteiger partial charge in [0.2, 0.25) is 17.2 Å². The summed E-state index contributed by atoms with van der Waals surface area (Å²) in [7, 11) is 4.25. The molecule has 216 valence electrons. The first-order chi connectivity index (χ1) is 19.1. The molecule has 1 spiro atoms. The highest BCUT2D eigenvalue weighted by molar-refractivity contribution is 8.00. The zero-order valence-corrected chi connectivity index (χ0v) is 25.3. The second-order valence-electron chi connectivity index (χ2n) is 11.1. The number of ether oxygens (including phenoxy) is 4. The van der Waals surface area contributed by atoms with Crippen LogP contribution in [-0.4, -0.2) is 55.5 Å². The molecule has 1 aliphatic carbocycles. The predicted octanol–water partition coefficient (Wildman–Crippen LogP) is 5.37. The molecular weight excluding hydrogens is 554 g/mol. The molecule has 6 atom stereocenters. The van der Waals surface area contributed by atoms with Crippen LogP contribution in [0.25, 0.3) is 0 Å². The Labute approximate surface area is 244 Å². The molecule has 1 aromatic rings. The highest BCUT2D eigenvalue weighted by atomic mass is 35.5. The lowest BCUT2D eigenvalue weighted by molar-refractivity contribution is -0.137. The van der Waals surface area contributed by atoms with Crippen LogP contribution in [0.5, 0.6) is 17.2 Å². The lowest BCUT2D eigenvalue weighted by atomic mass is 9.65. The first kappa shape index (κ1) is 28.9. The average Bonchev–Trinajstić information content (AvgIpc) is 3.56. The second-order valence-corrected chi connectivity index (χ2v) is 12.8. The number of nitrogens with one attached hydrogen (secondary N) is 1. The molecule has 40 heavy (non-hydrogen) atoms. The van der Waals surface area contributed by atoms with Gasteiger partial charge in [-0.1, -0.05) is 38.8 Å². The molecule has 0 radical (unpaired) electrons. The fraction of sp³-hybridized carbons (Fsp3) is 0.567. The Kier molecular flexibility index (Phi) is 7.92. The summed E-state index contributed by atoms with van der Waals surface area (Å²) in [5.74, 6) is -0.111. The van der Waals surface area contributed by atoms with Gasteiger partial charge in [0.15, 0.2) is 5.75 Å². The summed E-state index contributed by atoms with van der Waals surface area (Å²) in [5, 5.41) is 3.76. The van der Waals surface area contributed by atoms with E-state index in [1.807, 2.05) is 24.8 Å². The van der Waals surface area contributed by atoms with Crippen molar-refractivity contribution in [2.75, 3.05) is 27.1 Å². The SMILES string of the molecule is CCCC(C)C1CC([C@H]2C=C(C(=O)OC)NC3=C2C(=O)[C@@]2(Oc4c(Cl)c(OC)cc(OC)c4C2=O)[C@H](C)C3)CS1. The van der Waals surface area contributed by atoms with Gasteiger partial charge in [0.1, 0.15) is 27.8 Å². The van der Waals surface area contributed by atoms with Crippen LogP contribution in [0.3, 0.4) is 0 Å². The third-order valence-corrected chi connectivity index (χ3v) is 10.9. The molecule has 0 amide bonds. The quantitative estimate of drug-likeness (QED) is 0.332. The summed E-state index contributed by atoms with van der Waals surface area (Å²) < 4.78 is 22.3. The number of carbonyl (C=O) groups excluding carboxylic acids is 3. The van der Waals surface area contributed by atoms with E-state index in [2.05, 4.69) is 19.2 Å². The number of benzene rings is 1. The Bertz CT molecular complexity index is 1320. The maximum Gasteiger partial charge on any atom is 0.354 e. The predicted molar refractivity (Wildman–Crippen MR) is 153 cm³/mol. The van der Waals surface area contributed by atoms with Crippen LogP contribution < -0.4 is 19.5 Å². The van der Waals surface area contributed by atoms with Crippen molar-refractivity contribution >= 4 is 40.9 Å². The number of Topliss-reactive ketones (excluding diaryl/α,β-unsaturated/α-hetero) is 2. The molecule has 1 saturated heterocycles. The van der Waals surface area contributed by atoms with Crippen LogP contribution in [0.2, 0.25) is 5.02 Å². The zero-order chi connectivity index (χ0) is 28.9. The normalized spacial score (nSPS) is 29.8. The van der Waals surface area contributed by atoms with Gasteiger partial charge in [0, 0.05) is 34.4 Å². The highest BCUT2D eigenvalue weighted by Crippen LogP contribution is 2.56. The van der Waals surface area contributed by atoms with Crippen LogP contribution in [0.15, 0.2) is 29.1 Å². The van der Waals surface area contributed by atoms with Gasteiger partial charge < -0.3 is 24.3 Å². The van der Waals surface area contributed by atoms with E-state index in [1.165, 1.54) is 27.4 Å². The number of methoxy groups -OCH3 is 3. The minimum absolute atomic E-state index is 0.100. The number of rotatable bonds is 7. The summed E-state index contributed by atoms with van der Waals surface area (Å²) in [6.07, 6.45) is 5.32. The van der Waals surface area contributed by atoms with E-state index in [0.29, 0.717) is 34.6 Å². The summed E-state index contributed by atoms with van der Waals surface area (Å²) >= 11 is 8.53. The molecule has 5 rings (SSSR count). The zero-order valence-electron chi connectivity index (χ0n) is 23.7. The monoisotopic (exact) mass is 589 g/mol. The maximum atomic E-state index is 14.7. The van der Waals surface area contributed by atoms with E-state index in [-0.39, 0.29) is 39.7 Å². The summed E-state index contributed by atoms with van der Waals surface area (Å²) in [4.78, 5) is 41.5. The molecule has 0 bridgehead atoms. The Balaban J connectivity index is 1.58. The van der Waals surface area contributed by atoms with Gasteiger partial charge in [-0.3, -0.25) is 9.59 Å². The molecule has 3 aliphatic heterocycles. The van der Waals surface area contributed by atoms with Gasteiger partial charge in [-0.05, 0) is 42.9 Å². The molecular formula is C30H36ClNO7S. The highest BCUT2D eigenvalue weighted by Gasteiger charge is 2.63. The molecule has 1 N–H and O–H groups in total. The van der Waals surface area contributed by atoms with Gasteiger partial charge >= 0.3 is 5.97 Å². The van der Waals surface area contributed by atoms with Crippen LogP contribution in [0, 0.1) is 23.7 Å². The van der Waals surface area contributed by atoms with Gasteiger partial charge in [-0.15, -0.1) is 0 Å². The number of thioether (sulfide) groups is 1. The first-order valence-electron chi connectivity index (χ1n) is 13.8. The Morgan fingerprint density at radius 2 is 1.95 bits per heavy atom. The molecule has 8 nitrogen and oxygen atoms in total. The molecule has 1 fully saturated rings. The molecule has 0 aromatic heterocycles. The van der Waals surface area contributed by atoms with Gasteiger partial charge in [-0.25, -0.2) is 4.79 Å². The van der Waals surface area contributed by atoms with Gasteiger partial charge in [0.05, 0.1) is 21.3 Å². The molecule has 3 heterocycles. The van der Waals surface area contributed by atoms with Gasteiger partial charge in [-0.2, -0.15) is 11.8 Å². The number of carbonyl (C=O) groups is 3.